The molecule has 0 aliphatic rings. The molecule has 0 spiro atoms. The van der Waals surface area contributed by atoms with Crippen LogP contribution in [0.4, 0.5) is 0 Å². The van der Waals surface area contributed by atoms with Crippen LogP contribution in [0.1, 0.15) is 51.5 Å². The van der Waals surface area contributed by atoms with Crippen LogP contribution < -0.4 is 14.8 Å². The molecule has 0 saturated carbocycles. The molecule has 0 amide bonds. The third-order valence-electron chi connectivity index (χ3n) is 3.34. The molecule has 0 unspecified atom stereocenters. The summed E-state index contributed by atoms with van der Waals surface area (Å²) in [5, 5.41) is 3.49. The van der Waals surface area contributed by atoms with Crippen LogP contribution in [0.5, 0.6) is 11.5 Å². The van der Waals surface area contributed by atoms with Crippen LogP contribution in [0.25, 0.3) is 0 Å². The Balaban J connectivity index is 0.00000400. The van der Waals surface area contributed by atoms with E-state index in [-0.39, 0.29) is 12.4 Å². The van der Waals surface area contributed by atoms with Gasteiger partial charge in [-0.2, -0.15) is 0 Å². The lowest BCUT2D eigenvalue weighted by molar-refractivity contribution is 0.306. The quantitative estimate of drug-likeness (QED) is 0.606. The largest absolute Gasteiger partial charge is 0.493 e. The van der Waals surface area contributed by atoms with Gasteiger partial charge in [0.15, 0.2) is 11.5 Å². The van der Waals surface area contributed by atoms with Gasteiger partial charge >= 0.3 is 0 Å². The summed E-state index contributed by atoms with van der Waals surface area (Å²) in [6, 6.07) is 6.05. The first-order valence-electron chi connectivity index (χ1n) is 7.82. The number of nitrogens with one attached hydrogen (secondary N) is 1. The predicted molar refractivity (Wildman–Crippen MR) is 91.9 cm³/mol. The van der Waals surface area contributed by atoms with Gasteiger partial charge in [0, 0.05) is 12.1 Å². The van der Waals surface area contributed by atoms with Crippen molar-refractivity contribution in [1.82, 2.24) is 5.32 Å². The molecular formula is C17H30ClNO2. The highest BCUT2D eigenvalue weighted by Gasteiger charge is 2.09. The van der Waals surface area contributed by atoms with Crippen molar-refractivity contribution >= 4 is 12.4 Å². The van der Waals surface area contributed by atoms with Crippen LogP contribution in [-0.2, 0) is 6.54 Å². The van der Waals surface area contributed by atoms with Crippen molar-refractivity contribution in [2.45, 2.75) is 52.5 Å². The fraction of sp³-hybridized carbons (Fsp3) is 0.647. The van der Waals surface area contributed by atoms with Crippen LogP contribution in [0.15, 0.2) is 18.2 Å². The number of para-hydroxylation sites is 1. The lowest BCUT2D eigenvalue weighted by Crippen LogP contribution is -2.15. The van der Waals surface area contributed by atoms with Crippen LogP contribution in [0.2, 0.25) is 0 Å². The lowest BCUT2D eigenvalue weighted by Gasteiger charge is -2.14. The van der Waals surface area contributed by atoms with Gasteiger partial charge < -0.3 is 14.8 Å². The molecule has 0 heterocycles. The van der Waals surface area contributed by atoms with Crippen molar-refractivity contribution in [2.24, 2.45) is 0 Å². The number of rotatable bonds is 11. The van der Waals surface area contributed by atoms with Crippen LogP contribution in [-0.4, -0.2) is 20.3 Å². The maximum atomic E-state index is 5.70. The van der Waals surface area contributed by atoms with Crippen LogP contribution in [0, 0.1) is 0 Å². The Morgan fingerprint density at radius 1 is 1.05 bits per heavy atom. The van der Waals surface area contributed by atoms with Gasteiger partial charge in [0.05, 0.1) is 13.7 Å². The zero-order valence-corrected chi connectivity index (χ0v) is 14.4. The standard InChI is InChI=1S/C17H29NO2.ClH/c1-4-6-7-8-9-13-18-14-15-11-10-12-16(19-3)17(15)20-5-2;/h10-12,18H,4-9,13-14H2,1-3H3;1H. The highest BCUT2D eigenvalue weighted by molar-refractivity contribution is 5.85. The second-order valence-corrected chi connectivity index (χ2v) is 4.97. The molecule has 0 aliphatic heterocycles. The Hall–Kier alpha value is -0.930. The number of hydrogen-bond donors (Lipinski definition) is 1. The molecule has 1 aromatic rings. The monoisotopic (exact) mass is 315 g/mol. The van der Waals surface area contributed by atoms with E-state index in [0.29, 0.717) is 6.61 Å². The highest BCUT2D eigenvalue weighted by Crippen LogP contribution is 2.30. The Kier molecular flexibility index (Phi) is 12.2. The second kappa shape index (κ2) is 12.8. The SMILES string of the molecule is CCCCCCCNCc1cccc(OC)c1OCC.Cl. The molecule has 0 atom stereocenters. The van der Waals surface area contributed by atoms with E-state index in [1.807, 2.05) is 19.1 Å². The molecule has 122 valence electrons. The molecule has 4 heteroatoms. The first kappa shape index (κ1) is 20.1. The number of benzene rings is 1. The summed E-state index contributed by atoms with van der Waals surface area (Å²) in [6.45, 7) is 6.80. The number of methoxy groups -OCH3 is 1. The third-order valence-corrected chi connectivity index (χ3v) is 3.34. The van der Waals surface area contributed by atoms with Crippen molar-refractivity contribution < 1.29 is 9.47 Å². The minimum Gasteiger partial charge on any atom is -0.493 e. The third kappa shape index (κ3) is 7.58. The first-order chi connectivity index (χ1) is 9.83. The van der Waals surface area contributed by atoms with Gasteiger partial charge in [0.2, 0.25) is 0 Å². The molecule has 0 fully saturated rings. The van der Waals surface area contributed by atoms with E-state index in [1.54, 1.807) is 7.11 Å². The van der Waals surface area contributed by atoms with Crippen LogP contribution >= 0.6 is 12.4 Å². The van der Waals surface area contributed by atoms with E-state index in [4.69, 9.17) is 9.47 Å². The predicted octanol–water partition coefficient (Wildman–Crippen LogP) is 4.58. The van der Waals surface area contributed by atoms with Gasteiger partial charge in [-0.1, -0.05) is 44.7 Å². The molecule has 0 bridgehead atoms. The number of hydrogen-bond acceptors (Lipinski definition) is 3. The fourth-order valence-corrected chi connectivity index (χ4v) is 2.25. The topological polar surface area (TPSA) is 30.5 Å². The summed E-state index contributed by atoms with van der Waals surface area (Å²) in [6.07, 6.45) is 6.56. The van der Waals surface area contributed by atoms with E-state index in [0.717, 1.165) is 24.6 Å². The summed E-state index contributed by atoms with van der Waals surface area (Å²) in [5.41, 5.74) is 1.17. The van der Waals surface area contributed by atoms with Crippen molar-refractivity contribution in [3.05, 3.63) is 23.8 Å². The molecule has 0 aliphatic carbocycles. The van der Waals surface area contributed by atoms with Gasteiger partial charge in [0.25, 0.3) is 0 Å². The Bertz CT molecular complexity index is 372. The van der Waals surface area contributed by atoms with Crippen molar-refractivity contribution in [3.8, 4) is 11.5 Å². The smallest absolute Gasteiger partial charge is 0.165 e. The molecule has 1 N–H and O–H groups in total. The van der Waals surface area contributed by atoms with Gasteiger partial charge in [-0.3, -0.25) is 0 Å². The number of halogens is 1. The normalized spacial score (nSPS) is 10.0. The van der Waals surface area contributed by atoms with E-state index in [1.165, 1.54) is 37.7 Å². The Labute approximate surface area is 135 Å². The highest BCUT2D eigenvalue weighted by atomic mass is 35.5. The second-order valence-electron chi connectivity index (χ2n) is 4.97. The maximum absolute atomic E-state index is 5.70. The van der Waals surface area contributed by atoms with Crippen molar-refractivity contribution in [2.75, 3.05) is 20.3 Å². The summed E-state index contributed by atoms with van der Waals surface area (Å²) in [7, 11) is 1.68. The summed E-state index contributed by atoms with van der Waals surface area (Å²) < 4.78 is 11.1. The van der Waals surface area contributed by atoms with E-state index in [9.17, 15) is 0 Å². The summed E-state index contributed by atoms with van der Waals surface area (Å²) >= 11 is 0. The van der Waals surface area contributed by atoms with Gasteiger partial charge in [-0.25, -0.2) is 0 Å². The molecule has 3 nitrogen and oxygen atoms in total. The lowest BCUT2D eigenvalue weighted by atomic mass is 10.1. The van der Waals surface area contributed by atoms with Gasteiger partial charge in [-0.05, 0) is 26.0 Å². The average Bonchev–Trinajstić information content (AvgIpc) is 2.48. The Morgan fingerprint density at radius 2 is 1.81 bits per heavy atom. The molecule has 0 aromatic heterocycles. The average molecular weight is 316 g/mol. The molecular weight excluding hydrogens is 286 g/mol. The zero-order chi connectivity index (χ0) is 14.6. The summed E-state index contributed by atoms with van der Waals surface area (Å²) in [4.78, 5) is 0. The van der Waals surface area contributed by atoms with E-state index >= 15 is 0 Å². The zero-order valence-electron chi connectivity index (χ0n) is 13.6. The van der Waals surface area contributed by atoms with Gasteiger partial charge in [-0.15, -0.1) is 12.4 Å². The van der Waals surface area contributed by atoms with Crippen LogP contribution in [0.3, 0.4) is 0 Å². The fourth-order valence-electron chi connectivity index (χ4n) is 2.25. The maximum Gasteiger partial charge on any atom is 0.165 e. The molecule has 1 aromatic carbocycles. The molecule has 21 heavy (non-hydrogen) atoms. The molecule has 0 radical (unpaired) electrons. The number of ether oxygens (including phenoxy) is 2. The van der Waals surface area contributed by atoms with Crippen molar-refractivity contribution in [3.63, 3.8) is 0 Å². The Morgan fingerprint density at radius 3 is 2.48 bits per heavy atom. The van der Waals surface area contributed by atoms with Gasteiger partial charge in [0.1, 0.15) is 0 Å². The van der Waals surface area contributed by atoms with Crippen molar-refractivity contribution in [1.29, 1.82) is 0 Å². The first-order valence-corrected chi connectivity index (χ1v) is 7.82. The van der Waals surface area contributed by atoms with E-state index in [2.05, 4.69) is 18.3 Å². The molecule has 0 saturated heterocycles. The summed E-state index contributed by atoms with van der Waals surface area (Å²) in [5.74, 6) is 1.69. The molecule has 1 rings (SSSR count). The van der Waals surface area contributed by atoms with E-state index < -0.39 is 0 Å². The minimum atomic E-state index is 0. The number of unbranched alkanes of at least 4 members (excludes halogenated alkanes) is 4. The minimum absolute atomic E-state index is 0.